The van der Waals surface area contributed by atoms with Gasteiger partial charge in [-0.15, -0.1) is 6.58 Å². The van der Waals surface area contributed by atoms with Crippen LogP contribution in [-0.2, 0) is 11.2 Å². The molecule has 5 heteroatoms. The van der Waals surface area contributed by atoms with Crippen LogP contribution in [-0.4, -0.2) is 15.3 Å². The third-order valence-corrected chi connectivity index (χ3v) is 3.43. The Kier molecular flexibility index (Phi) is 4.06. The fourth-order valence-corrected chi connectivity index (χ4v) is 2.59. The lowest BCUT2D eigenvalue weighted by Crippen LogP contribution is -2.08. The Labute approximate surface area is 116 Å². The third kappa shape index (κ3) is 3.06. The van der Waals surface area contributed by atoms with Crippen molar-refractivity contribution in [3.05, 3.63) is 42.2 Å². The van der Waals surface area contributed by atoms with Gasteiger partial charge in [0.1, 0.15) is 10.8 Å². The molecule has 2 rings (SSSR count). The van der Waals surface area contributed by atoms with Crippen molar-refractivity contribution >= 4 is 23.1 Å². The fourth-order valence-electron chi connectivity index (χ4n) is 1.86. The van der Waals surface area contributed by atoms with Gasteiger partial charge in [-0.05, 0) is 36.5 Å². The summed E-state index contributed by atoms with van der Waals surface area (Å²) >= 11 is 1.36. The van der Waals surface area contributed by atoms with Crippen molar-refractivity contribution in [1.29, 1.82) is 0 Å². The SMILES string of the molecule is C=CCc1c(NC(C)=O)cccc1-c1nc(C)ns1. The first-order valence-corrected chi connectivity index (χ1v) is 6.70. The number of anilines is 1. The van der Waals surface area contributed by atoms with E-state index in [0.29, 0.717) is 6.42 Å². The van der Waals surface area contributed by atoms with Crippen LogP contribution < -0.4 is 5.32 Å². The first-order chi connectivity index (χ1) is 9.11. The number of benzene rings is 1. The molecule has 0 atom stereocenters. The maximum atomic E-state index is 11.3. The third-order valence-electron chi connectivity index (χ3n) is 2.59. The Morgan fingerprint density at radius 2 is 2.32 bits per heavy atom. The summed E-state index contributed by atoms with van der Waals surface area (Å²) in [5, 5.41) is 3.71. The Balaban J connectivity index is 2.53. The van der Waals surface area contributed by atoms with Gasteiger partial charge in [-0.2, -0.15) is 4.37 Å². The Hall–Kier alpha value is -2.01. The van der Waals surface area contributed by atoms with Gasteiger partial charge in [0, 0.05) is 18.2 Å². The van der Waals surface area contributed by atoms with E-state index in [4.69, 9.17) is 0 Å². The first kappa shape index (κ1) is 13.4. The number of hydrogen-bond acceptors (Lipinski definition) is 4. The first-order valence-electron chi connectivity index (χ1n) is 5.93. The highest BCUT2D eigenvalue weighted by molar-refractivity contribution is 7.09. The van der Waals surface area contributed by atoms with Crippen LogP contribution in [0.4, 0.5) is 5.69 Å². The molecule has 4 nitrogen and oxygen atoms in total. The van der Waals surface area contributed by atoms with Crippen LogP contribution in [0.3, 0.4) is 0 Å². The van der Waals surface area contributed by atoms with Crippen LogP contribution >= 0.6 is 11.5 Å². The average Bonchev–Trinajstić information content (AvgIpc) is 2.77. The largest absolute Gasteiger partial charge is 0.326 e. The average molecular weight is 273 g/mol. The number of hydrogen-bond donors (Lipinski definition) is 1. The fraction of sp³-hybridized carbons (Fsp3) is 0.214. The van der Waals surface area contributed by atoms with E-state index < -0.39 is 0 Å². The minimum absolute atomic E-state index is 0.0871. The number of allylic oxidation sites excluding steroid dienone is 1. The molecule has 1 N–H and O–H groups in total. The Morgan fingerprint density at radius 1 is 1.53 bits per heavy atom. The van der Waals surface area contributed by atoms with E-state index in [-0.39, 0.29) is 5.91 Å². The number of amides is 1. The Morgan fingerprint density at radius 3 is 2.89 bits per heavy atom. The summed E-state index contributed by atoms with van der Waals surface area (Å²) in [5.41, 5.74) is 2.82. The van der Waals surface area contributed by atoms with E-state index in [1.807, 2.05) is 31.2 Å². The van der Waals surface area contributed by atoms with Crippen molar-refractivity contribution in [2.24, 2.45) is 0 Å². The molecule has 0 unspecified atom stereocenters. The number of nitrogens with zero attached hydrogens (tertiary/aromatic N) is 2. The zero-order chi connectivity index (χ0) is 13.8. The van der Waals surface area contributed by atoms with Gasteiger partial charge in [-0.1, -0.05) is 18.2 Å². The zero-order valence-electron chi connectivity index (χ0n) is 10.9. The maximum absolute atomic E-state index is 11.3. The van der Waals surface area contributed by atoms with E-state index in [2.05, 4.69) is 21.3 Å². The highest BCUT2D eigenvalue weighted by atomic mass is 32.1. The van der Waals surface area contributed by atoms with Gasteiger partial charge in [-0.3, -0.25) is 4.79 Å². The summed E-state index contributed by atoms with van der Waals surface area (Å²) in [5.74, 6) is 0.672. The highest BCUT2D eigenvalue weighted by Gasteiger charge is 2.13. The van der Waals surface area contributed by atoms with Gasteiger partial charge in [0.25, 0.3) is 0 Å². The molecule has 0 saturated carbocycles. The minimum Gasteiger partial charge on any atom is -0.326 e. The summed E-state index contributed by atoms with van der Waals surface area (Å²) in [6.45, 7) is 7.14. The van der Waals surface area contributed by atoms with Crippen LogP contribution in [0.15, 0.2) is 30.9 Å². The van der Waals surface area contributed by atoms with E-state index in [1.54, 1.807) is 0 Å². The second-order valence-electron chi connectivity index (χ2n) is 4.15. The highest BCUT2D eigenvalue weighted by Crippen LogP contribution is 2.31. The van der Waals surface area contributed by atoms with E-state index in [0.717, 1.165) is 27.6 Å². The van der Waals surface area contributed by atoms with Crippen molar-refractivity contribution in [2.75, 3.05) is 5.32 Å². The van der Waals surface area contributed by atoms with Gasteiger partial charge in [0.15, 0.2) is 0 Å². The van der Waals surface area contributed by atoms with Crippen LogP contribution in [0.2, 0.25) is 0 Å². The van der Waals surface area contributed by atoms with Crippen molar-refractivity contribution in [3.8, 4) is 10.6 Å². The van der Waals surface area contributed by atoms with Gasteiger partial charge >= 0.3 is 0 Å². The molecule has 0 fully saturated rings. The topological polar surface area (TPSA) is 54.9 Å². The smallest absolute Gasteiger partial charge is 0.221 e. The predicted molar refractivity (Wildman–Crippen MR) is 78.3 cm³/mol. The van der Waals surface area contributed by atoms with Crippen molar-refractivity contribution in [3.63, 3.8) is 0 Å². The van der Waals surface area contributed by atoms with Gasteiger partial charge in [0.05, 0.1) is 0 Å². The summed E-state index contributed by atoms with van der Waals surface area (Å²) in [6.07, 6.45) is 2.49. The molecule has 0 bridgehead atoms. The molecule has 0 aliphatic rings. The monoisotopic (exact) mass is 273 g/mol. The van der Waals surface area contributed by atoms with Gasteiger partial charge in [0.2, 0.25) is 5.91 Å². The normalized spacial score (nSPS) is 10.2. The van der Waals surface area contributed by atoms with Crippen LogP contribution in [0, 0.1) is 6.92 Å². The molecule has 0 spiro atoms. The second kappa shape index (κ2) is 5.75. The standard InChI is InChI=1S/C14H15N3OS/c1-4-6-11-12(14-15-9(2)17-19-14)7-5-8-13(11)16-10(3)18/h4-5,7-8H,1,6H2,2-3H3,(H,16,18). The molecule has 0 radical (unpaired) electrons. The number of aryl methyl sites for hydroxylation is 1. The summed E-state index contributed by atoms with van der Waals surface area (Å²) in [4.78, 5) is 15.7. The molecule has 2 aromatic rings. The molecule has 1 amide bonds. The second-order valence-corrected chi connectivity index (χ2v) is 4.90. The van der Waals surface area contributed by atoms with Crippen molar-refractivity contribution < 1.29 is 4.79 Å². The lowest BCUT2D eigenvalue weighted by molar-refractivity contribution is -0.114. The van der Waals surface area contributed by atoms with E-state index >= 15 is 0 Å². The molecule has 0 aliphatic carbocycles. The molecular formula is C14H15N3OS. The lowest BCUT2D eigenvalue weighted by atomic mass is 10.0. The number of aromatic nitrogens is 2. The molecule has 0 saturated heterocycles. The minimum atomic E-state index is -0.0871. The predicted octanol–water partition coefficient (Wildman–Crippen LogP) is 3.20. The maximum Gasteiger partial charge on any atom is 0.221 e. The summed E-state index contributed by atoms with van der Waals surface area (Å²) in [7, 11) is 0. The van der Waals surface area contributed by atoms with Crippen molar-refractivity contribution in [1.82, 2.24) is 9.36 Å². The summed E-state index contributed by atoms with van der Waals surface area (Å²) < 4.78 is 4.20. The van der Waals surface area contributed by atoms with Gasteiger partial charge < -0.3 is 5.32 Å². The summed E-state index contributed by atoms with van der Waals surface area (Å²) in [6, 6.07) is 5.78. The van der Waals surface area contributed by atoms with Crippen LogP contribution in [0.5, 0.6) is 0 Å². The van der Waals surface area contributed by atoms with Crippen LogP contribution in [0.25, 0.3) is 10.6 Å². The zero-order valence-corrected chi connectivity index (χ0v) is 11.8. The molecule has 0 aliphatic heterocycles. The van der Waals surface area contributed by atoms with E-state index in [9.17, 15) is 4.79 Å². The van der Waals surface area contributed by atoms with Gasteiger partial charge in [-0.25, -0.2) is 4.98 Å². The van der Waals surface area contributed by atoms with Crippen LogP contribution in [0.1, 0.15) is 18.3 Å². The van der Waals surface area contributed by atoms with Crippen molar-refractivity contribution in [2.45, 2.75) is 20.3 Å². The molecule has 1 aromatic carbocycles. The lowest BCUT2D eigenvalue weighted by Gasteiger charge is -2.12. The number of rotatable bonds is 4. The molecule has 1 heterocycles. The Bertz CT molecular complexity index is 619. The molecular weight excluding hydrogens is 258 g/mol. The molecule has 98 valence electrons. The van der Waals surface area contributed by atoms with E-state index in [1.165, 1.54) is 18.5 Å². The quantitative estimate of drug-likeness (QED) is 0.870. The molecule has 19 heavy (non-hydrogen) atoms. The number of carbonyl (C=O) groups excluding carboxylic acids is 1. The number of nitrogens with one attached hydrogen (secondary N) is 1. The molecule has 1 aromatic heterocycles. The number of carbonyl (C=O) groups is 1.